The molecule has 0 aromatic heterocycles. The minimum Gasteiger partial charge on any atom is -0.326 e. The molecule has 0 rings (SSSR count). The minimum atomic E-state index is -0.0429. The molecule has 0 aromatic carbocycles. The Kier molecular flexibility index (Phi) is 4.33. The number of hydrogen-bond donors (Lipinski definition) is 0. The summed E-state index contributed by atoms with van der Waals surface area (Å²) in [6, 6.07) is 0. The van der Waals surface area contributed by atoms with Gasteiger partial charge in [0.1, 0.15) is 0 Å². The van der Waals surface area contributed by atoms with Crippen LogP contribution in [-0.4, -0.2) is 43.0 Å². The molecule has 1 atom stereocenters. The molecule has 3 heteroatoms. The fraction of sp³-hybridized carbons (Fsp3) is 0.727. The number of carbonyl (C=O) groups is 1. The second kappa shape index (κ2) is 4.60. The quantitative estimate of drug-likeness (QED) is 0.507. The van der Waals surface area contributed by atoms with Crippen molar-refractivity contribution in [1.82, 2.24) is 9.80 Å². The SMILES string of the molecule is C=CC(=O)N(C)C(N(C)C)C(C)(C)C. The van der Waals surface area contributed by atoms with Gasteiger partial charge < -0.3 is 4.90 Å². The van der Waals surface area contributed by atoms with Crippen LogP contribution in [0.25, 0.3) is 0 Å². The minimum absolute atomic E-state index is 0.0247. The molecular weight excluding hydrogens is 176 g/mol. The van der Waals surface area contributed by atoms with E-state index in [-0.39, 0.29) is 17.5 Å². The fourth-order valence-electron chi connectivity index (χ4n) is 1.97. The zero-order valence-electron chi connectivity index (χ0n) is 10.2. The van der Waals surface area contributed by atoms with Crippen molar-refractivity contribution in [3.63, 3.8) is 0 Å². The van der Waals surface area contributed by atoms with Gasteiger partial charge in [0.15, 0.2) is 0 Å². The molecule has 0 saturated carbocycles. The summed E-state index contributed by atoms with van der Waals surface area (Å²) in [5.41, 5.74) is 0.0247. The van der Waals surface area contributed by atoms with E-state index in [1.165, 1.54) is 6.08 Å². The Morgan fingerprint density at radius 1 is 1.29 bits per heavy atom. The van der Waals surface area contributed by atoms with Gasteiger partial charge in [0, 0.05) is 7.05 Å². The number of amides is 1. The maximum atomic E-state index is 11.5. The summed E-state index contributed by atoms with van der Waals surface area (Å²) >= 11 is 0. The van der Waals surface area contributed by atoms with Crippen LogP contribution in [0.3, 0.4) is 0 Å². The van der Waals surface area contributed by atoms with Crippen molar-refractivity contribution >= 4 is 5.91 Å². The largest absolute Gasteiger partial charge is 0.326 e. The Hall–Kier alpha value is -0.830. The lowest BCUT2D eigenvalue weighted by Crippen LogP contribution is -2.52. The summed E-state index contributed by atoms with van der Waals surface area (Å²) in [7, 11) is 5.76. The van der Waals surface area contributed by atoms with Gasteiger partial charge in [0.25, 0.3) is 0 Å². The van der Waals surface area contributed by atoms with E-state index in [2.05, 4.69) is 27.4 Å². The summed E-state index contributed by atoms with van der Waals surface area (Å²) in [5, 5.41) is 0. The van der Waals surface area contributed by atoms with Gasteiger partial charge >= 0.3 is 0 Å². The summed E-state index contributed by atoms with van der Waals surface area (Å²) in [6.07, 6.45) is 1.43. The van der Waals surface area contributed by atoms with Gasteiger partial charge in [-0.3, -0.25) is 9.69 Å². The zero-order chi connectivity index (χ0) is 11.5. The van der Waals surface area contributed by atoms with E-state index in [4.69, 9.17) is 0 Å². The lowest BCUT2D eigenvalue weighted by atomic mass is 9.90. The molecule has 0 saturated heterocycles. The fourth-order valence-corrected chi connectivity index (χ4v) is 1.97. The average molecular weight is 198 g/mol. The van der Waals surface area contributed by atoms with Crippen LogP contribution in [0, 0.1) is 5.41 Å². The van der Waals surface area contributed by atoms with E-state index >= 15 is 0 Å². The molecular formula is C11H22N2O. The summed E-state index contributed by atoms with van der Waals surface area (Å²) in [6.45, 7) is 9.84. The lowest BCUT2D eigenvalue weighted by molar-refractivity contribution is -0.133. The molecule has 14 heavy (non-hydrogen) atoms. The first-order valence-electron chi connectivity index (χ1n) is 4.77. The van der Waals surface area contributed by atoms with Crippen molar-refractivity contribution < 1.29 is 4.79 Å². The second-order valence-electron chi connectivity index (χ2n) is 4.86. The lowest BCUT2D eigenvalue weighted by Gasteiger charge is -2.41. The first kappa shape index (κ1) is 13.2. The topological polar surface area (TPSA) is 23.6 Å². The first-order valence-corrected chi connectivity index (χ1v) is 4.77. The molecule has 1 unspecified atom stereocenters. The van der Waals surface area contributed by atoms with E-state index < -0.39 is 0 Å². The predicted molar refractivity (Wildman–Crippen MR) is 59.9 cm³/mol. The highest BCUT2D eigenvalue weighted by Gasteiger charge is 2.31. The molecule has 0 aliphatic rings. The first-order chi connectivity index (χ1) is 6.21. The Labute approximate surface area is 87.4 Å². The number of carbonyl (C=O) groups excluding carboxylic acids is 1. The molecule has 0 radical (unpaired) electrons. The van der Waals surface area contributed by atoms with Gasteiger partial charge in [-0.15, -0.1) is 0 Å². The van der Waals surface area contributed by atoms with E-state index in [9.17, 15) is 4.79 Å². The summed E-state index contributed by atoms with van der Waals surface area (Å²) in [5.74, 6) is -0.0429. The van der Waals surface area contributed by atoms with E-state index in [0.717, 1.165) is 0 Å². The molecule has 0 aliphatic carbocycles. The van der Waals surface area contributed by atoms with Crippen molar-refractivity contribution in [3.8, 4) is 0 Å². The monoisotopic (exact) mass is 198 g/mol. The van der Waals surface area contributed by atoms with E-state index in [1.807, 2.05) is 19.0 Å². The number of rotatable bonds is 3. The third kappa shape index (κ3) is 3.14. The Morgan fingerprint density at radius 2 is 1.71 bits per heavy atom. The number of nitrogens with zero attached hydrogens (tertiary/aromatic N) is 2. The maximum Gasteiger partial charge on any atom is 0.246 e. The van der Waals surface area contributed by atoms with Gasteiger partial charge in [0.2, 0.25) is 5.91 Å². The van der Waals surface area contributed by atoms with Crippen LogP contribution in [0.1, 0.15) is 20.8 Å². The van der Waals surface area contributed by atoms with Crippen LogP contribution in [0.5, 0.6) is 0 Å². The van der Waals surface area contributed by atoms with Crippen molar-refractivity contribution in [3.05, 3.63) is 12.7 Å². The van der Waals surface area contributed by atoms with E-state index in [1.54, 1.807) is 11.9 Å². The maximum absolute atomic E-state index is 11.5. The van der Waals surface area contributed by atoms with Crippen LogP contribution in [0.4, 0.5) is 0 Å². The Bertz CT molecular complexity index is 216. The van der Waals surface area contributed by atoms with Crippen molar-refractivity contribution in [2.24, 2.45) is 5.41 Å². The molecule has 82 valence electrons. The third-order valence-corrected chi connectivity index (χ3v) is 2.15. The molecule has 0 spiro atoms. The average Bonchev–Trinajstić information content (AvgIpc) is 1.99. The highest BCUT2D eigenvalue weighted by molar-refractivity contribution is 5.87. The Morgan fingerprint density at radius 3 is 1.93 bits per heavy atom. The molecule has 1 amide bonds. The molecule has 0 N–H and O–H groups in total. The van der Waals surface area contributed by atoms with Gasteiger partial charge in [-0.1, -0.05) is 27.4 Å². The van der Waals surface area contributed by atoms with E-state index in [0.29, 0.717) is 0 Å². The Balaban J connectivity index is 4.84. The van der Waals surface area contributed by atoms with Crippen LogP contribution in [0.2, 0.25) is 0 Å². The zero-order valence-corrected chi connectivity index (χ0v) is 10.2. The van der Waals surface area contributed by atoms with Crippen LogP contribution >= 0.6 is 0 Å². The molecule has 0 heterocycles. The standard InChI is InChI=1S/C11H22N2O/c1-8-9(14)13(7)10(12(5)6)11(2,3)4/h8,10H,1H2,2-7H3. The molecule has 3 nitrogen and oxygen atoms in total. The smallest absolute Gasteiger partial charge is 0.246 e. The molecule has 0 fully saturated rings. The van der Waals surface area contributed by atoms with Crippen molar-refractivity contribution in [2.45, 2.75) is 26.9 Å². The van der Waals surface area contributed by atoms with Gasteiger partial charge in [-0.25, -0.2) is 0 Å². The third-order valence-electron chi connectivity index (χ3n) is 2.15. The van der Waals surface area contributed by atoms with Gasteiger partial charge in [-0.2, -0.15) is 0 Å². The van der Waals surface area contributed by atoms with Crippen LogP contribution < -0.4 is 0 Å². The predicted octanol–water partition coefficient (Wildman–Crippen LogP) is 1.56. The number of hydrogen-bond acceptors (Lipinski definition) is 2. The highest BCUT2D eigenvalue weighted by atomic mass is 16.2. The highest BCUT2D eigenvalue weighted by Crippen LogP contribution is 2.25. The molecule has 0 aliphatic heterocycles. The molecule has 0 bridgehead atoms. The van der Waals surface area contributed by atoms with Crippen LogP contribution in [0.15, 0.2) is 12.7 Å². The summed E-state index contributed by atoms with van der Waals surface area (Å²) in [4.78, 5) is 15.2. The van der Waals surface area contributed by atoms with Gasteiger partial charge in [0.05, 0.1) is 6.17 Å². The van der Waals surface area contributed by atoms with Crippen molar-refractivity contribution in [2.75, 3.05) is 21.1 Å². The normalized spacial score (nSPS) is 13.9. The van der Waals surface area contributed by atoms with Crippen molar-refractivity contribution in [1.29, 1.82) is 0 Å². The van der Waals surface area contributed by atoms with Crippen LogP contribution in [-0.2, 0) is 4.79 Å². The molecule has 0 aromatic rings. The second-order valence-corrected chi connectivity index (χ2v) is 4.86. The summed E-state index contributed by atoms with van der Waals surface area (Å²) < 4.78 is 0. The number of likely N-dealkylation sites (N-methyl/N-ethyl adjacent to an activating group) is 1. The van der Waals surface area contributed by atoms with Gasteiger partial charge in [-0.05, 0) is 25.6 Å².